The topological polar surface area (TPSA) is 58.9 Å². The SMILES string of the molecule is O=[N+]([O-])c1cc(C(F)(F)F)c(Cl)cc1N1CCC(CCN2CCOCC2)CC1. The van der Waals surface area contributed by atoms with Crippen LogP contribution in [0.15, 0.2) is 12.1 Å². The number of anilines is 1. The first-order valence-electron chi connectivity index (χ1n) is 9.36. The van der Waals surface area contributed by atoms with Gasteiger partial charge in [0.2, 0.25) is 0 Å². The molecule has 1 aromatic rings. The summed E-state index contributed by atoms with van der Waals surface area (Å²) in [5.41, 5.74) is -1.57. The van der Waals surface area contributed by atoms with Gasteiger partial charge < -0.3 is 9.64 Å². The van der Waals surface area contributed by atoms with Crippen LogP contribution in [0.5, 0.6) is 0 Å². The normalized spacial score (nSPS) is 19.8. The number of hydrogen-bond donors (Lipinski definition) is 0. The number of alkyl halides is 3. The molecule has 0 atom stereocenters. The molecule has 2 aliphatic heterocycles. The van der Waals surface area contributed by atoms with Gasteiger partial charge in [-0.2, -0.15) is 13.2 Å². The lowest BCUT2D eigenvalue weighted by molar-refractivity contribution is -0.384. The van der Waals surface area contributed by atoms with E-state index in [1.165, 1.54) is 0 Å². The van der Waals surface area contributed by atoms with Gasteiger partial charge in [0.25, 0.3) is 5.69 Å². The predicted octanol–water partition coefficient (Wildman–Crippen LogP) is 4.21. The summed E-state index contributed by atoms with van der Waals surface area (Å²) < 4.78 is 44.4. The molecule has 0 aliphatic carbocycles. The Bertz CT molecular complexity index is 703. The van der Waals surface area contributed by atoms with E-state index in [0.717, 1.165) is 58.2 Å². The maximum atomic E-state index is 13.0. The second-order valence-corrected chi connectivity index (χ2v) is 7.66. The summed E-state index contributed by atoms with van der Waals surface area (Å²) in [7, 11) is 0. The van der Waals surface area contributed by atoms with Crippen LogP contribution in [0.2, 0.25) is 5.02 Å². The molecule has 0 saturated carbocycles. The molecule has 2 fully saturated rings. The standard InChI is InChI=1S/C18H23ClF3N3O3/c19-15-12-16(17(25(26)27)11-14(15)18(20,21)22)24-5-2-13(3-6-24)1-4-23-7-9-28-10-8-23/h11-13H,1-10H2. The number of hydrogen-bond acceptors (Lipinski definition) is 5. The van der Waals surface area contributed by atoms with Crippen LogP contribution >= 0.6 is 11.6 Å². The van der Waals surface area contributed by atoms with Gasteiger partial charge in [-0.05, 0) is 37.8 Å². The van der Waals surface area contributed by atoms with Crippen molar-refractivity contribution in [3.8, 4) is 0 Å². The van der Waals surface area contributed by atoms with Gasteiger partial charge in [-0.25, -0.2) is 0 Å². The smallest absolute Gasteiger partial charge is 0.379 e. The molecule has 10 heteroatoms. The average molecular weight is 422 g/mol. The van der Waals surface area contributed by atoms with Crippen LogP contribution in [0.25, 0.3) is 0 Å². The first-order valence-corrected chi connectivity index (χ1v) is 9.73. The molecule has 2 saturated heterocycles. The molecule has 156 valence electrons. The van der Waals surface area contributed by atoms with Crippen molar-refractivity contribution in [2.45, 2.75) is 25.4 Å². The number of morpholine rings is 1. The third-order valence-electron chi connectivity index (χ3n) is 5.48. The van der Waals surface area contributed by atoms with Crippen molar-refractivity contribution in [3.05, 3.63) is 32.8 Å². The summed E-state index contributed by atoms with van der Waals surface area (Å²) in [5.74, 6) is 0.503. The zero-order valence-electron chi connectivity index (χ0n) is 15.4. The van der Waals surface area contributed by atoms with E-state index in [9.17, 15) is 23.3 Å². The highest BCUT2D eigenvalue weighted by atomic mass is 35.5. The summed E-state index contributed by atoms with van der Waals surface area (Å²) in [4.78, 5) is 14.7. The second-order valence-electron chi connectivity index (χ2n) is 7.25. The summed E-state index contributed by atoms with van der Waals surface area (Å²) in [6.45, 7) is 5.53. The van der Waals surface area contributed by atoms with Crippen molar-refractivity contribution in [1.29, 1.82) is 0 Å². The molecule has 0 aromatic heterocycles. The maximum Gasteiger partial charge on any atom is 0.418 e. The lowest BCUT2D eigenvalue weighted by Gasteiger charge is -2.35. The van der Waals surface area contributed by atoms with Crippen LogP contribution in [0, 0.1) is 16.0 Å². The second kappa shape index (κ2) is 8.84. The van der Waals surface area contributed by atoms with Gasteiger partial charge in [-0.1, -0.05) is 11.6 Å². The van der Waals surface area contributed by atoms with E-state index in [1.807, 2.05) is 0 Å². The number of nitrogens with zero attached hydrogens (tertiary/aromatic N) is 3. The Morgan fingerprint density at radius 2 is 1.82 bits per heavy atom. The van der Waals surface area contributed by atoms with E-state index in [1.54, 1.807) is 4.90 Å². The van der Waals surface area contributed by atoms with E-state index in [4.69, 9.17) is 16.3 Å². The van der Waals surface area contributed by atoms with Crippen molar-refractivity contribution in [1.82, 2.24) is 4.90 Å². The Kier molecular flexibility index (Phi) is 6.67. The highest BCUT2D eigenvalue weighted by Crippen LogP contribution is 2.42. The van der Waals surface area contributed by atoms with E-state index >= 15 is 0 Å². The maximum absolute atomic E-state index is 13.0. The lowest BCUT2D eigenvalue weighted by atomic mass is 9.92. The Labute approximate surface area is 166 Å². The first-order chi connectivity index (χ1) is 13.3. The molecule has 6 nitrogen and oxygen atoms in total. The third kappa shape index (κ3) is 5.07. The zero-order chi connectivity index (χ0) is 20.3. The van der Waals surface area contributed by atoms with E-state index in [0.29, 0.717) is 25.1 Å². The number of rotatable bonds is 5. The molecule has 2 aliphatic rings. The van der Waals surface area contributed by atoms with Crippen LogP contribution in [0.4, 0.5) is 24.5 Å². The highest BCUT2D eigenvalue weighted by Gasteiger charge is 2.37. The fourth-order valence-electron chi connectivity index (χ4n) is 3.82. The molecule has 0 radical (unpaired) electrons. The molecule has 1 aromatic carbocycles. The van der Waals surface area contributed by atoms with Crippen molar-refractivity contribution < 1.29 is 22.8 Å². The molecule has 0 bridgehead atoms. The molecule has 2 heterocycles. The van der Waals surface area contributed by atoms with E-state index in [2.05, 4.69) is 4.90 Å². The van der Waals surface area contributed by atoms with Crippen LogP contribution in [0.3, 0.4) is 0 Å². The molecule has 0 N–H and O–H groups in total. The van der Waals surface area contributed by atoms with Crippen molar-refractivity contribution in [3.63, 3.8) is 0 Å². The van der Waals surface area contributed by atoms with Gasteiger partial charge in [0.15, 0.2) is 0 Å². The van der Waals surface area contributed by atoms with Crippen molar-refractivity contribution in [2.75, 3.05) is 50.8 Å². The summed E-state index contributed by atoms with van der Waals surface area (Å²) in [6.07, 6.45) is -1.99. The van der Waals surface area contributed by atoms with Crippen LogP contribution in [-0.4, -0.2) is 55.8 Å². The molecular weight excluding hydrogens is 399 g/mol. The number of benzene rings is 1. The minimum absolute atomic E-state index is 0.162. The van der Waals surface area contributed by atoms with Gasteiger partial charge in [0, 0.05) is 32.2 Å². The number of halogens is 4. The fraction of sp³-hybridized carbons (Fsp3) is 0.667. The fourth-order valence-corrected chi connectivity index (χ4v) is 4.09. The third-order valence-corrected chi connectivity index (χ3v) is 5.79. The van der Waals surface area contributed by atoms with E-state index < -0.39 is 27.4 Å². The first kappa shape index (κ1) is 21.1. The summed E-state index contributed by atoms with van der Waals surface area (Å²) in [5, 5.41) is 10.8. The largest absolute Gasteiger partial charge is 0.418 e. The number of ether oxygens (including phenoxy) is 1. The number of nitro groups is 1. The monoisotopic (exact) mass is 421 g/mol. The molecule has 3 rings (SSSR count). The van der Waals surface area contributed by atoms with Gasteiger partial charge >= 0.3 is 6.18 Å². The molecule has 0 spiro atoms. The highest BCUT2D eigenvalue weighted by molar-refractivity contribution is 6.31. The van der Waals surface area contributed by atoms with Gasteiger partial charge in [0.05, 0.1) is 28.7 Å². The summed E-state index contributed by atoms with van der Waals surface area (Å²) in [6, 6.07) is 1.62. The Balaban J connectivity index is 1.64. The van der Waals surface area contributed by atoms with E-state index in [-0.39, 0.29) is 5.69 Å². The molecular formula is C18H23ClF3N3O3. The Hall–Kier alpha value is -1.58. The molecule has 28 heavy (non-hydrogen) atoms. The van der Waals surface area contributed by atoms with Gasteiger partial charge in [-0.3, -0.25) is 15.0 Å². The average Bonchev–Trinajstić information content (AvgIpc) is 2.66. The molecule has 0 unspecified atom stereocenters. The molecule has 0 amide bonds. The number of piperidine rings is 1. The van der Waals surface area contributed by atoms with Crippen LogP contribution in [0.1, 0.15) is 24.8 Å². The zero-order valence-corrected chi connectivity index (χ0v) is 16.1. The summed E-state index contributed by atoms with van der Waals surface area (Å²) >= 11 is 5.79. The minimum Gasteiger partial charge on any atom is -0.379 e. The number of nitro benzene ring substituents is 1. The quantitative estimate of drug-likeness (QED) is 0.526. The van der Waals surface area contributed by atoms with Gasteiger partial charge in [-0.15, -0.1) is 0 Å². The van der Waals surface area contributed by atoms with Crippen molar-refractivity contribution >= 4 is 23.0 Å². The van der Waals surface area contributed by atoms with Crippen molar-refractivity contribution in [2.24, 2.45) is 5.92 Å². The Morgan fingerprint density at radius 3 is 2.39 bits per heavy atom. The van der Waals surface area contributed by atoms with Crippen LogP contribution in [-0.2, 0) is 10.9 Å². The minimum atomic E-state index is -4.73. The predicted molar refractivity (Wildman–Crippen MR) is 99.9 cm³/mol. The Morgan fingerprint density at radius 1 is 1.18 bits per heavy atom. The van der Waals surface area contributed by atoms with Gasteiger partial charge in [0.1, 0.15) is 5.69 Å². The lowest BCUT2D eigenvalue weighted by Crippen LogP contribution is -2.39. The van der Waals surface area contributed by atoms with Crippen LogP contribution < -0.4 is 4.90 Å².